The van der Waals surface area contributed by atoms with Crippen LogP contribution >= 0.6 is 11.3 Å². The Balaban J connectivity index is 2.11. The zero-order valence-electron chi connectivity index (χ0n) is 10.4. The van der Waals surface area contributed by atoms with Crippen LogP contribution in [0.25, 0.3) is 10.9 Å². The lowest BCUT2D eigenvalue weighted by Crippen LogP contribution is -2.15. The average molecular weight is 271 g/mol. The molecule has 0 aliphatic heterocycles. The number of hydrogen-bond acceptors (Lipinski definition) is 3. The Bertz CT molecular complexity index is 667. The summed E-state index contributed by atoms with van der Waals surface area (Å²) in [7, 11) is 1.42. The molecule has 1 unspecified atom stereocenters. The number of benzene rings is 1. The molecule has 4 heteroatoms. The number of carbonyl (C=O) groups is 1. The highest BCUT2D eigenvalue weighted by atomic mass is 32.1. The first kappa shape index (κ1) is 12.0. The fourth-order valence-corrected chi connectivity index (χ4v) is 2.94. The van der Waals surface area contributed by atoms with Gasteiger partial charge >= 0.3 is 5.97 Å². The number of methoxy groups -OCH3 is 1. The summed E-state index contributed by atoms with van der Waals surface area (Å²) in [4.78, 5) is 15.4. The lowest BCUT2D eigenvalue weighted by molar-refractivity contribution is -0.141. The second-order valence-electron chi connectivity index (χ2n) is 4.32. The minimum Gasteiger partial charge on any atom is -0.468 e. The fraction of sp³-hybridized carbons (Fsp3) is 0.133. The van der Waals surface area contributed by atoms with E-state index in [4.69, 9.17) is 4.74 Å². The fourth-order valence-electron chi connectivity index (χ4n) is 2.25. The maximum atomic E-state index is 12.1. The molecule has 0 fully saturated rings. The van der Waals surface area contributed by atoms with Gasteiger partial charge in [0.2, 0.25) is 0 Å². The van der Waals surface area contributed by atoms with Gasteiger partial charge in [-0.2, -0.15) is 11.3 Å². The summed E-state index contributed by atoms with van der Waals surface area (Å²) in [6.07, 6.45) is 0. The maximum Gasteiger partial charge on any atom is 0.319 e. The van der Waals surface area contributed by atoms with E-state index in [0.717, 1.165) is 22.2 Å². The van der Waals surface area contributed by atoms with E-state index in [9.17, 15) is 4.79 Å². The van der Waals surface area contributed by atoms with Crippen LogP contribution in [-0.2, 0) is 9.53 Å². The number of aromatic amines is 1. The molecule has 1 N–H and O–H groups in total. The lowest BCUT2D eigenvalue weighted by atomic mass is 9.99. The van der Waals surface area contributed by atoms with Crippen molar-refractivity contribution in [1.29, 1.82) is 0 Å². The van der Waals surface area contributed by atoms with Crippen LogP contribution in [0.5, 0.6) is 0 Å². The Morgan fingerprint density at radius 3 is 2.84 bits per heavy atom. The summed E-state index contributed by atoms with van der Waals surface area (Å²) in [6, 6.07) is 11.9. The van der Waals surface area contributed by atoms with Crippen LogP contribution in [0.2, 0.25) is 0 Å². The van der Waals surface area contributed by atoms with Crippen LogP contribution in [0.3, 0.4) is 0 Å². The number of fused-ring (bicyclic) bond motifs is 1. The van der Waals surface area contributed by atoms with Crippen molar-refractivity contribution in [3.63, 3.8) is 0 Å². The molecular formula is C15H13NO2S. The Labute approximate surface area is 114 Å². The normalized spacial score (nSPS) is 12.5. The van der Waals surface area contributed by atoms with Gasteiger partial charge in [0.1, 0.15) is 5.92 Å². The van der Waals surface area contributed by atoms with Gasteiger partial charge in [0, 0.05) is 11.2 Å². The molecule has 0 bridgehead atoms. The Hall–Kier alpha value is -2.07. The summed E-state index contributed by atoms with van der Waals surface area (Å²) in [5.41, 5.74) is 2.86. The molecule has 0 saturated carbocycles. The second kappa shape index (κ2) is 4.90. The topological polar surface area (TPSA) is 42.1 Å². The van der Waals surface area contributed by atoms with Gasteiger partial charge in [-0.05, 0) is 39.9 Å². The summed E-state index contributed by atoms with van der Waals surface area (Å²) >= 11 is 1.58. The number of H-pyrrole nitrogens is 1. The van der Waals surface area contributed by atoms with Crippen molar-refractivity contribution in [3.05, 3.63) is 58.4 Å². The highest BCUT2D eigenvalue weighted by Gasteiger charge is 2.25. The van der Waals surface area contributed by atoms with Gasteiger partial charge in [0.15, 0.2) is 0 Å². The van der Waals surface area contributed by atoms with Gasteiger partial charge < -0.3 is 9.72 Å². The quantitative estimate of drug-likeness (QED) is 0.740. The Morgan fingerprint density at radius 2 is 2.16 bits per heavy atom. The number of ether oxygens (including phenoxy) is 1. The highest BCUT2D eigenvalue weighted by Crippen LogP contribution is 2.29. The summed E-state index contributed by atoms with van der Waals surface area (Å²) in [5.74, 6) is -0.631. The Kier molecular flexibility index (Phi) is 3.09. The van der Waals surface area contributed by atoms with Crippen molar-refractivity contribution in [2.75, 3.05) is 7.11 Å². The van der Waals surface area contributed by atoms with E-state index >= 15 is 0 Å². The molecule has 2 heterocycles. The molecule has 0 saturated heterocycles. The molecule has 3 aromatic rings. The minimum absolute atomic E-state index is 0.245. The first-order valence-corrected chi connectivity index (χ1v) is 6.91. The highest BCUT2D eigenvalue weighted by molar-refractivity contribution is 7.08. The number of aromatic nitrogens is 1. The van der Waals surface area contributed by atoms with Crippen molar-refractivity contribution >= 4 is 28.2 Å². The molecule has 0 amide bonds. The summed E-state index contributed by atoms with van der Waals surface area (Å²) in [6.45, 7) is 0. The third-order valence-corrected chi connectivity index (χ3v) is 3.88. The molecular weight excluding hydrogens is 258 g/mol. The van der Waals surface area contributed by atoms with Crippen LogP contribution in [-0.4, -0.2) is 18.1 Å². The van der Waals surface area contributed by atoms with E-state index in [-0.39, 0.29) is 11.9 Å². The lowest BCUT2D eigenvalue weighted by Gasteiger charge is -2.11. The number of nitrogens with one attached hydrogen (secondary N) is 1. The molecule has 3 nitrogen and oxygen atoms in total. The molecule has 0 aliphatic carbocycles. The second-order valence-corrected chi connectivity index (χ2v) is 5.10. The number of hydrogen-bond donors (Lipinski definition) is 1. The molecule has 96 valence electrons. The van der Waals surface area contributed by atoms with Crippen LogP contribution in [0.15, 0.2) is 47.2 Å². The molecule has 2 aromatic heterocycles. The van der Waals surface area contributed by atoms with Crippen LogP contribution in [0, 0.1) is 0 Å². The van der Waals surface area contributed by atoms with Gasteiger partial charge in [0.05, 0.1) is 7.11 Å². The SMILES string of the molecule is COC(=O)C(c1ccsc1)c1cc2ccccc2[nH]1. The molecule has 0 spiro atoms. The number of para-hydroxylation sites is 1. The molecule has 0 radical (unpaired) electrons. The minimum atomic E-state index is -0.386. The first-order chi connectivity index (χ1) is 9.29. The van der Waals surface area contributed by atoms with Gasteiger partial charge in [-0.1, -0.05) is 18.2 Å². The largest absolute Gasteiger partial charge is 0.468 e. The number of rotatable bonds is 3. The number of esters is 1. The van der Waals surface area contributed by atoms with Crippen molar-refractivity contribution < 1.29 is 9.53 Å². The van der Waals surface area contributed by atoms with Gasteiger partial charge in [-0.25, -0.2) is 0 Å². The maximum absolute atomic E-state index is 12.1. The van der Waals surface area contributed by atoms with Crippen molar-refractivity contribution in [2.45, 2.75) is 5.92 Å². The van der Waals surface area contributed by atoms with Gasteiger partial charge in [-0.3, -0.25) is 4.79 Å². The standard InChI is InChI=1S/C15H13NO2S/c1-18-15(17)14(11-6-7-19-9-11)13-8-10-4-2-3-5-12(10)16-13/h2-9,14,16H,1H3. The zero-order valence-corrected chi connectivity index (χ0v) is 11.2. The molecule has 1 aromatic carbocycles. The predicted molar refractivity (Wildman–Crippen MR) is 76.5 cm³/mol. The first-order valence-electron chi connectivity index (χ1n) is 5.97. The van der Waals surface area contributed by atoms with Crippen LogP contribution < -0.4 is 0 Å². The number of carbonyl (C=O) groups excluding carboxylic acids is 1. The molecule has 1 atom stereocenters. The third-order valence-electron chi connectivity index (χ3n) is 3.18. The monoisotopic (exact) mass is 271 g/mol. The van der Waals surface area contributed by atoms with E-state index in [0.29, 0.717) is 0 Å². The van der Waals surface area contributed by atoms with Crippen LogP contribution in [0.4, 0.5) is 0 Å². The predicted octanol–water partition coefficient (Wildman–Crippen LogP) is 3.53. The van der Waals surface area contributed by atoms with Gasteiger partial charge in [0.25, 0.3) is 0 Å². The molecule has 3 rings (SSSR count). The number of thiophene rings is 1. The molecule has 0 aliphatic rings. The zero-order chi connectivity index (χ0) is 13.2. The van der Waals surface area contributed by atoms with Crippen molar-refractivity contribution in [3.8, 4) is 0 Å². The van der Waals surface area contributed by atoms with Crippen molar-refractivity contribution in [1.82, 2.24) is 4.98 Å². The van der Waals surface area contributed by atoms with Gasteiger partial charge in [-0.15, -0.1) is 0 Å². The van der Waals surface area contributed by atoms with Crippen LogP contribution in [0.1, 0.15) is 17.2 Å². The average Bonchev–Trinajstić information content (AvgIpc) is 3.07. The van der Waals surface area contributed by atoms with Crippen molar-refractivity contribution in [2.24, 2.45) is 0 Å². The van der Waals surface area contributed by atoms with E-state index < -0.39 is 0 Å². The van der Waals surface area contributed by atoms with E-state index in [1.165, 1.54) is 7.11 Å². The summed E-state index contributed by atoms with van der Waals surface area (Å²) < 4.78 is 4.93. The third kappa shape index (κ3) is 2.15. The molecule has 19 heavy (non-hydrogen) atoms. The Morgan fingerprint density at radius 1 is 1.32 bits per heavy atom. The van der Waals surface area contributed by atoms with E-state index in [1.807, 2.05) is 47.2 Å². The van der Waals surface area contributed by atoms with E-state index in [1.54, 1.807) is 11.3 Å². The van der Waals surface area contributed by atoms with E-state index in [2.05, 4.69) is 4.98 Å². The smallest absolute Gasteiger partial charge is 0.319 e. The summed E-state index contributed by atoms with van der Waals surface area (Å²) in [5, 5.41) is 5.04.